The van der Waals surface area contributed by atoms with Gasteiger partial charge in [-0.2, -0.15) is 0 Å². The molecule has 1 radical (unpaired) electrons. The van der Waals surface area contributed by atoms with Crippen LogP contribution in [0.5, 0.6) is 6.01 Å². The van der Waals surface area contributed by atoms with Crippen LogP contribution in [-0.2, 0) is 21.8 Å². The van der Waals surface area contributed by atoms with Crippen LogP contribution in [0.3, 0.4) is 0 Å². The molecule has 0 atom stereocenters. The zero-order valence-electron chi connectivity index (χ0n) is 15.8. The summed E-state index contributed by atoms with van der Waals surface area (Å²) in [5, 5.41) is 3.68. The van der Waals surface area contributed by atoms with E-state index in [0.717, 1.165) is 17.7 Å². The molecule has 1 amide bonds. The van der Waals surface area contributed by atoms with Crippen LogP contribution in [0.15, 0.2) is 34.0 Å². The van der Waals surface area contributed by atoms with Crippen LogP contribution in [0.1, 0.15) is 23.7 Å². The summed E-state index contributed by atoms with van der Waals surface area (Å²) in [6.45, 7) is 2.10. The largest absolute Gasteiger partial charge is 0.465 e. The number of benzene rings is 1. The van der Waals surface area contributed by atoms with E-state index in [1.54, 1.807) is 4.72 Å². The second-order valence-corrected chi connectivity index (χ2v) is 6.93. The molecule has 147 valence electrons. The number of hydrogen-bond donors (Lipinski definition) is 1. The van der Waals surface area contributed by atoms with Gasteiger partial charge < -0.3 is 9.47 Å². The van der Waals surface area contributed by atoms with Crippen LogP contribution in [0.2, 0.25) is 0 Å². The Labute approximate surface area is 183 Å². The van der Waals surface area contributed by atoms with Gasteiger partial charge in [0.15, 0.2) is 0 Å². The van der Waals surface area contributed by atoms with Crippen molar-refractivity contribution in [1.29, 1.82) is 0 Å². The molecule has 2 rings (SSSR count). The number of sulfonamides is 1. The molecule has 0 bridgehead atoms. The van der Waals surface area contributed by atoms with Crippen molar-refractivity contribution in [2.75, 3.05) is 13.7 Å². The van der Waals surface area contributed by atoms with Crippen LogP contribution in [-0.4, -0.2) is 78.0 Å². The number of nitrogens with zero attached hydrogens (tertiary/aromatic N) is 3. The van der Waals surface area contributed by atoms with Crippen LogP contribution in [0, 0.1) is 0 Å². The number of rotatable bonds is 6. The Morgan fingerprint density at radius 2 is 1.89 bits per heavy atom. The van der Waals surface area contributed by atoms with Gasteiger partial charge in [-0.05, 0) is 18.6 Å². The number of carbonyl (C=O) groups excluding carboxylic acids is 2. The molecule has 1 heterocycles. The van der Waals surface area contributed by atoms with E-state index < -0.39 is 32.6 Å². The van der Waals surface area contributed by atoms with Crippen molar-refractivity contribution < 1.29 is 27.5 Å². The Balaban J connectivity index is 0.00000392. The number of esters is 1. The molecule has 0 spiro atoms. The zero-order chi connectivity index (χ0) is 20.2. The van der Waals surface area contributed by atoms with Crippen LogP contribution < -0.4 is 15.1 Å². The molecule has 11 nitrogen and oxygen atoms in total. The van der Waals surface area contributed by atoms with E-state index in [-0.39, 0.29) is 47.7 Å². The quantitative estimate of drug-likeness (QED) is 0.497. The predicted octanol–water partition coefficient (Wildman–Crippen LogP) is -0.277. The minimum atomic E-state index is -4.48. The monoisotopic (exact) mass is 421 g/mol. The Kier molecular flexibility index (Phi) is 8.42. The normalized spacial score (nSPS) is 10.7. The van der Waals surface area contributed by atoms with Crippen molar-refractivity contribution in [1.82, 2.24) is 19.1 Å². The molecule has 1 aromatic carbocycles. The first kappa shape index (κ1) is 23.9. The van der Waals surface area contributed by atoms with E-state index >= 15 is 0 Å². The summed E-state index contributed by atoms with van der Waals surface area (Å²) in [4.78, 5) is 35.6. The fourth-order valence-corrected chi connectivity index (χ4v) is 3.19. The fourth-order valence-electron chi connectivity index (χ4n) is 2.06. The molecular formula is C15H18N4NaO7S. The van der Waals surface area contributed by atoms with Gasteiger partial charge in [0.25, 0.3) is 10.0 Å². The third-order valence-corrected chi connectivity index (χ3v) is 4.75. The Hall–Kier alpha value is -2.15. The predicted molar refractivity (Wildman–Crippen MR) is 97.9 cm³/mol. The number of aromatic nitrogens is 3. The number of carbonyl (C=O) groups is 2. The molecule has 13 heteroatoms. The van der Waals surface area contributed by atoms with Gasteiger partial charge in [-0.15, -0.1) is 9.78 Å². The fraction of sp³-hybridized carbons (Fsp3) is 0.333. The van der Waals surface area contributed by atoms with E-state index in [1.165, 1.54) is 25.2 Å². The molecule has 0 saturated heterocycles. The summed E-state index contributed by atoms with van der Waals surface area (Å²) < 4.78 is 37.8. The van der Waals surface area contributed by atoms with Crippen LogP contribution in [0.4, 0.5) is 4.79 Å². The van der Waals surface area contributed by atoms with Gasteiger partial charge in [-0.25, -0.2) is 32.1 Å². The molecule has 2 aromatic rings. The SMILES string of the molecule is CCCOc1nn(C(=O)NS(=O)(=O)c2ccccc2C(=O)OC)c(=O)n1C.[Na]. The molecule has 0 fully saturated rings. The van der Waals surface area contributed by atoms with Crippen molar-refractivity contribution in [3.63, 3.8) is 0 Å². The molecule has 1 aromatic heterocycles. The number of nitrogens with one attached hydrogen (secondary N) is 1. The second-order valence-electron chi connectivity index (χ2n) is 5.28. The van der Waals surface area contributed by atoms with Gasteiger partial charge in [0.2, 0.25) is 0 Å². The Morgan fingerprint density at radius 3 is 2.50 bits per heavy atom. The molecule has 0 unspecified atom stereocenters. The molecule has 1 N–H and O–H groups in total. The first-order chi connectivity index (χ1) is 12.7. The average Bonchev–Trinajstić information content (AvgIpc) is 2.93. The number of ether oxygens (including phenoxy) is 2. The summed E-state index contributed by atoms with van der Waals surface area (Å²) in [6, 6.07) is 3.71. The van der Waals surface area contributed by atoms with Crippen molar-refractivity contribution in [3.8, 4) is 6.01 Å². The zero-order valence-corrected chi connectivity index (χ0v) is 18.6. The first-order valence-electron chi connectivity index (χ1n) is 7.76. The number of methoxy groups -OCH3 is 1. The Morgan fingerprint density at radius 1 is 1.25 bits per heavy atom. The molecular weight excluding hydrogens is 403 g/mol. The van der Waals surface area contributed by atoms with E-state index in [2.05, 4.69) is 9.84 Å². The van der Waals surface area contributed by atoms with Crippen LogP contribution in [0.25, 0.3) is 0 Å². The van der Waals surface area contributed by atoms with Crippen molar-refractivity contribution >= 4 is 51.6 Å². The van der Waals surface area contributed by atoms with E-state index in [9.17, 15) is 22.8 Å². The second kappa shape index (κ2) is 9.87. The number of amides is 1. The van der Waals surface area contributed by atoms with Gasteiger partial charge in [-0.1, -0.05) is 19.1 Å². The minimum absolute atomic E-state index is 0. The number of hydrogen-bond acceptors (Lipinski definition) is 8. The van der Waals surface area contributed by atoms with Crippen LogP contribution >= 0.6 is 0 Å². The average molecular weight is 421 g/mol. The maximum atomic E-state index is 12.5. The molecule has 0 aliphatic heterocycles. The standard InChI is InChI=1S/C15H18N4O7S.Na/c1-4-9-26-14-16-19(15(22)18(14)2)13(21)17-27(23,24)11-8-6-5-7-10(11)12(20)25-3;/h5-8H,4,9H2,1-3H3,(H,17,21);. The third-order valence-electron chi connectivity index (χ3n) is 3.37. The maximum absolute atomic E-state index is 12.5. The molecule has 0 aliphatic rings. The smallest absolute Gasteiger partial charge is 0.360 e. The van der Waals surface area contributed by atoms with Crippen molar-refractivity contribution in [2.24, 2.45) is 7.05 Å². The van der Waals surface area contributed by atoms with Gasteiger partial charge in [0.05, 0.1) is 19.3 Å². The van der Waals surface area contributed by atoms with E-state index in [1.807, 2.05) is 6.92 Å². The molecule has 28 heavy (non-hydrogen) atoms. The third kappa shape index (κ3) is 5.01. The maximum Gasteiger partial charge on any atom is 0.360 e. The van der Waals surface area contributed by atoms with Gasteiger partial charge in [0.1, 0.15) is 4.90 Å². The van der Waals surface area contributed by atoms with Crippen molar-refractivity contribution in [3.05, 3.63) is 40.3 Å². The van der Waals surface area contributed by atoms with E-state index in [0.29, 0.717) is 11.1 Å². The summed E-state index contributed by atoms with van der Waals surface area (Å²) in [5.74, 6) is -0.895. The van der Waals surface area contributed by atoms with Gasteiger partial charge in [0, 0.05) is 36.6 Å². The summed E-state index contributed by atoms with van der Waals surface area (Å²) in [7, 11) is -2.06. The summed E-state index contributed by atoms with van der Waals surface area (Å²) >= 11 is 0. The van der Waals surface area contributed by atoms with E-state index in [4.69, 9.17) is 4.74 Å². The summed E-state index contributed by atoms with van der Waals surface area (Å²) in [5.41, 5.74) is -1.16. The van der Waals surface area contributed by atoms with Gasteiger partial charge in [-0.3, -0.25) is 0 Å². The summed E-state index contributed by atoms with van der Waals surface area (Å²) in [6.07, 6.45) is 0.645. The Bertz CT molecular complexity index is 1030. The first-order valence-corrected chi connectivity index (χ1v) is 9.24. The minimum Gasteiger partial charge on any atom is -0.465 e. The van der Waals surface area contributed by atoms with Gasteiger partial charge >= 0.3 is 23.7 Å². The molecule has 0 saturated carbocycles. The molecule has 0 aliphatic carbocycles. The van der Waals surface area contributed by atoms with Crippen molar-refractivity contribution in [2.45, 2.75) is 18.2 Å². The topological polar surface area (TPSA) is 139 Å².